The fourth-order valence-corrected chi connectivity index (χ4v) is 1.35. The maximum atomic E-state index is 10.5. The van der Waals surface area contributed by atoms with Gasteiger partial charge in [-0.25, -0.2) is 9.78 Å². The fourth-order valence-electron chi connectivity index (χ4n) is 0.971. The van der Waals surface area contributed by atoms with Crippen molar-refractivity contribution >= 4 is 34.9 Å². The van der Waals surface area contributed by atoms with E-state index in [0.717, 1.165) is 0 Å². The number of nitrogens with two attached hydrogens (primary N) is 1. The van der Waals surface area contributed by atoms with Gasteiger partial charge in [0.15, 0.2) is 5.69 Å². The standard InChI is InChI=1S/C6H4Cl2N2O2.C5H5N/c7-3-1-2(9)4(8)5(10-3)6(11)12;1-2-4-6-5-3-1/h1H,(H2,9,10)(H,11,12);1-5H. The summed E-state index contributed by atoms with van der Waals surface area (Å²) >= 11 is 11.0. The molecule has 0 aliphatic rings. The van der Waals surface area contributed by atoms with Gasteiger partial charge in [0.25, 0.3) is 0 Å². The monoisotopic (exact) mass is 285 g/mol. The zero-order valence-corrected chi connectivity index (χ0v) is 10.6. The minimum Gasteiger partial charge on any atom is -0.476 e. The molecule has 0 aromatic carbocycles. The lowest BCUT2D eigenvalue weighted by Crippen LogP contribution is -2.03. The summed E-state index contributed by atoms with van der Waals surface area (Å²) in [5.74, 6) is -1.26. The van der Waals surface area contributed by atoms with Gasteiger partial charge in [-0.1, -0.05) is 29.3 Å². The molecule has 0 saturated carbocycles. The molecule has 2 heterocycles. The molecule has 0 unspecified atom stereocenters. The Kier molecular flexibility index (Phi) is 5.35. The Bertz CT molecular complexity index is 509. The Morgan fingerprint density at radius 2 is 1.83 bits per heavy atom. The van der Waals surface area contributed by atoms with Gasteiger partial charge in [-0.3, -0.25) is 4.98 Å². The summed E-state index contributed by atoms with van der Waals surface area (Å²) in [5, 5.41) is 8.47. The summed E-state index contributed by atoms with van der Waals surface area (Å²) in [5.41, 5.74) is 5.11. The van der Waals surface area contributed by atoms with Crippen molar-refractivity contribution in [2.24, 2.45) is 0 Å². The van der Waals surface area contributed by atoms with Gasteiger partial charge < -0.3 is 10.8 Å². The van der Waals surface area contributed by atoms with Crippen molar-refractivity contribution in [2.45, 2.75) is 0 Å². The van der Waals surface area contributed by atoms with E-state index in [9.17, 15) is 4.79 Å². The molecule has 0 atom stereocenters. The van der Waals surface area contributed by atoms with Crippen molar-refractivity contribution in [3.05, 3.63) is 52.5 Å². The highest BCUT2D eigenvalue weighted by Crippen LogP contribution is 2.24. The molecule has 5 nitrogen and oxygen atoms in total. The summed E-state index contributed by atoms with van der Waals surface area (Å²) in [7, 11) is 0. The fraction of sp³-hybridized carbons (Fsp3) is 0. The summed E-state index contributed by atoms with van der Waals surface area (Å²) in [6.07, 6.45) is 3.50. The lowest BCUT2D eigenvalue weighted by atomic mass is 10.3. The van der Waals surface area contributed by atoms with Crippen LogP contribution in [0.3, 0.4) is 0 Å². The van der Waals surface area contributed by atoms with Crippen LogP contribution in [0.4, 0.5) is 5.69 Å². The third kappa shape index (κ3) is 4.20. The third-order valence-electron chi connectivity index (χ3n) is 1.72. The van der Waals surface area contributed by atoms with Crippen LogP contribution in [0.15, 0.2) is 36.7 Å². The van der Waals surface area contributed by atoms with Crippen LogP contribution in [0.1, 0.15) is 10.5 Å². The van der Waals surface area contributed by atoms with Crippen LogP contribution in [0, 0.1) is 0 Å². The second kappa shape index (κ2) is 6.78. The number of aromatic carboxylic acids is 1. The van der Waals surface area contributed by atoms with E-state index in [2.05, 4.69) is 9.97 Å². The summed E-state index contributed by atoms with van der Waals surface area (Å²) in [6, 6.07) is 7.00. The highest BCUT2D eigenvalue weighted by atomic mass is 35.5. The number of carboxylic acids is 1. The molecule has 3 N–H and O–H groups in total. The van der Waals surface area contributed by atoms with E-state index in [1.165, 1.54) is 6.07 Å². The first-order valence-corrected chi connectivity index (χ1v) is 5.47. The second-order valence-electron chi connectivity index (χ2n) is 3.03. The molecule has 0 bridgehead atoms. The zero-order chi connectivity index (χ0) is 13.5. The minimum absolute atomic E-state index is 0.00861. The maximum absolute atomic E-state index is 10.5. The number of nitrogen functional groups attached to an aromatic ring is 1. The molecule has 0 radical (unpaired) electrons. The summed E-state index contributed by atoms with van der Waals surface area (Å²) in [4.78, 5) is 17.7. The number of hydrogen-bond donors (Lipinski definition) is 2. The first-order valence-electron chi connectivity index (χ1n) is 4.72. The number of halogens is 2. The molecule has 0 fully saturated rings. The smallest absolute Gasteiger partial charge is 0.356 e. The van der Waals surface area contributed by atoms with Crippen molar-refractivity contribution in [2.75, 3.05) is 5.73 Å². The highest BCUT2D eigenvalue weighted by molar-refractivity contribution is 6.36. The average molecular weight is 286 g/mol. The van der Waals surface area contributed by atoms with Gasteiger partial charge in [-0.15, -0.1) is 0 Å². The highest BCUT2D eigenvalue weighted by Gasteiger charge is 2.13. The van der Waals surface area contributed by atoms with E-state index in [1.54, 1.807) is 12.4 Å². The molecular formula is C11H9Cl2N3O2. The predicted molar refractivity (Wildman–Crippen MR) is 69.9 cm³/mol. The number of carboxylic acid groups (broad SMARTS) is 1. The predicted octanol–water partition coefficient (Wildman–Crippen LogP) is 2.75. The van der Waals surface area contributed by atoms with Crippen molar-refractivity contribution in [3.8, 4) is 0 Å². The first kappa shape index (κ1) is 14.2. The van der Waals surface area contributed by atoms with Crippen LogP contribution in [0.5, 0.6) is 0 Å². The van der Waals surface area contributed by atoms with Crippen molar-refractivity contribution in [3.63, 3.8) is 0 Å². The number of anilines is 1. The molecule has 2 aromatic heterocycles. The van der Waals surface area contributed by atoms with Crippen molar-refractivity contribution < 1.29 is 9.90 Å². The molecule has 18 heavy (non-hydrogen) atoms. The normalized spacial score (nSPS) is 9.22. The molecule has 0 saturated heterocycles. The Morgan fingerprint density at radius 1 is 1.22 bits per heavy atom. The maximum Gasteiger partial charge on any atom is 0.356 e. The van der Waals surface area contributed by atoms with Crippen molar-refractivity contribution in [1.29, 1.82) is 0 Å². The number of rotatable bonds is 1. The van der Waals surface area contributed by atoms with Crippen LogP contribution in [-0.4, -0.2) is 21.0 Å². The molecular weight excluding hydrogens is 277 g/mol. The molecule has 0 aliphatic carbocycles. The van der Waals surface area contributed by atoms with E-state index in [1.807, 2.05) is 18.2 Å². The van der Waals surface area contributed by atoms with Gasteiger partial charge >= 0.3 is 5.97 Å². The van der Waals surface area contributed by atoms with Gasteiger partial charge in [0.1, 0.15) is 5.15 Å². The molecule has 94 valence electrons. The summed E-state index contributed by atoms with van der Waals surface area (Å²) in [6.45, 7) is 0. The van der Waals surface area contributed by atoms with Crippen LogP contribution in [0.2, 0.25) is 10.2 Å². The largest absolute Gasteiger partial charge is 0.476 e. The Labute approximate surface area is 113 Å². The van der Waals surface area contributed by atoms with Gasteiger partial charge in [-0.05, 0) is 18.2 Å². The van der Waals surface area contributed by atoms with Crippen LogP contribution < -0.4 is 5.73 Å². The number of pyridine rings is 2. The average Bonchev–Trinajstić information content (AvgIpc) is 2.36. The first-order chi connectivity index (χ1) is 8.52. The molecule has 2 aromatic rings. The minimum atomic E-state index is -1.26. The summed E-state index contributed by atoms with van der Waals surface area (Å²) < 4.78 is 0. The molecule has 2 rings (SSSR count). The molecule has 0 aliphatic heterocycles. The van der Waals surface area contributed by atoms with E-state index in [0.29, 0.717) is 0 Å². The van der Waals surface area contributed by atoms with Crippen molar-refractivity contribution in [1.82, 2.24) is 9.97 Å². The molecule has 0 spiro atoms. The second-order valence-corrected chi connectivity index (χ2v) is 3.79. The van der Waals surface area contributed by atoms with Gasteiger partial charge in [-0.2, -0.15) is 0 Å². The molecule has 7 heteroatoms. The SMILES string of the molecule is Nc1cc(Cl)nc(C(=O)O)c1Cl.c1ccncc1. The van der Waals surface area contributed by atoms with Crippen LogP contribution >= 0.6 is 23.2 Å². The number of carbonyl (C=O) groups is 1. The van der Waals surface area contributed by atoms with E-state index >= 15 is 0 Å². The van der Waals surface area contributed by atoms with E-state index in [-0.39, 0.29) is 21.6 Å². The lowest BCUT2D eigenvalue weighted by molar-refractivity contribution is 0.0691. The number of hydrogen-bond acceptors (Lipinski definition) is 4. The quantitative estimate of drug-likeness (QED) is 0.787. The van der Waals surface area contributed by atoms with Crippen LogP contribution in [0.25, 0.3) is 0 Å². The zero-order valence-electron chi connectivity index (χ0n) is 9.05. The Balaban J connectivity index is 0.000000225. The number of aromatic nitrogens is 2. The van der Waals surface area contributed by atoms with Crippen LogP contribution in [-0.2, 0) is 0 Å². The third-order valence-corrected chi connectivity index (χ3v) is 2.31. The topological polar surface area (TPSA) is 89.1 Å². The lowest BCUT2D eigenvalue weighted by Gasteiger charge is -2.01. The number of nitrogens with zero attached hydrogens (tertiary/aromatic N) is 2. The van der Waals surface area contributed by atoms with Gasteiger partial charge in [0.05, 0.1) is 10.7 Å². The van der Waals surface area contributed by atoms with E-state index < -0.39 is 5.97 Å². The Hall–Kier alpha value is -1.85. The van der Waals surface area contributed by atoms with Gasteiger partial charge in [0.2, 0.25) is 0 Å². The Morgan fingerprint density at radius 3 is 2.22 bits per heavy atom. The molecule has 0 amide bonds. The van der Waals surface area contributed by atoms with Gasteiger partial charge in [0, 0.05) is 12.4 Å². The van der Waals surface area contributed by atoms with E-state index in [4.69, 9.17) is 34.0 Å².